The number of halogens is 6. The van der Waals surface area contributed by atoms with Crippen LogP contribution in [0.1, 0.15) is 11.1 Å². The highest BCUT2D eigenvalue weighted by atomic mass is 19.2. The third-order valence-electron chi connectivity index (χ3n) is 4.76. The molecule has 0 spiro atoms. The summed E-state index contributed by atoms with van der Waals surface area (Å²) in [6, 6.07) is 4.94. The van der Waals surface area contributed by atoms with Crippen LogP contribution >= 0.6 is 0 Å². The SMILES string of the molecule is COc1cc(B(c2cc(C)c(F)cc2F)c2cc(C)c(F)cc2F)c(F)cc1F. The van der Waals surface area contributed by atoms with E-state index in [0.29, 0.717) is 18.2 Å². The zero-order valence-corrected chi connectivity index (χ0v) is 15.7. The minimum atomic E-state index is -1.44. The number of ether oxygens (including phenoxy) is 1. The molecule has 0 heterocycles. The van der Waals surface area contributed by atoms with Gasteiger partial charge in [-0.1, -0.05) is 12.1 Å². The molecular formula is C21H15BF6O. The van der Waals surface area contributed by atoms with E-state index in [1.54, 1.807) is 0 Å². The zero-order chi connectivity index (χ0) is 21.5. The molecule has 3 aromatic carbocycles. The van der Waals surface area contributed by atoms with E-state index in [9.17, 15) is 26.3 Å². The van der Waals surface area contributed by atoms with E-state index in [1.165, 1.54) is 13.8 Å². The van der Waals surface area contributed by atoms with Crippen molar-refractivity contribution < 1.29 is 31.1 Å². The van der Waals surface area contributed by atoms with Crippen molar-refractivity contribution in [1.82, 2.24) is 0 Å². The molecule has 0 aliphatic heterocycles. The molecular weight excluding hydrogens is 393 g/mol. The predicted molar refractivity (Wildman–Crippen MR) is 99.8 cm³/mol. The lowest BCUT2D eigenvalue weighted by molar-refractivity contribution is 0.385. The zero-order valence-electron chi connectivity index (χ0n) is 15.7. The van der Waals surface area contributed by atoms with Crippen molar-refractivity contribution in [1.29, 1.82) is 0 Å². The highest BCUT2D eigenvalue weighted by Gasteiger charge is 2.32. The van der Waals surface area contributed by atoms with Crippen LogP contribution in [0.25, 0.3) is 0 Å². The first kappa shape index (κ1) is 20.8. The van der Waals surface area contributed by atoms with Gasteiger partial charge in [0.1, 0.15) is 29.1 Å². The molecule has 0 saturated carbocycles. The third kappa shape index (κ3) is 3.84. The second-order valence-corrected chi connectivity index (χ2v) is 6.69. The molecule has 1 nitrogen and oxygen atoms in total. The normalized spacial score (nSPS) is 10.9. The van der Waals surface area contributed by atoms with Crippen LogP contribution in [0.5, 0.6) is 5.75 Å². The fraction of sp³-hybridized carbons (Fsp3) is 0.143. The van der Waals surface area contributed by atoms with E-state index in [1.807, 2.05) is 0 Å². The first-order valence-corrected chi connectivity index (χ1v) is 8.58. The van der Waals surface area contributed by atoms with E-state index < -0.39 is 41.6 Å². The van der Waals surface area contributed by atoms with Crippen LogP contribution in [0.3, 0.4) is 0 Å². The van der Waals surface area contributed by atoms with Crippen LogP contribution in [0.4, 0.5) is 26.3 Å². The lowest BCUT2D eigenvalue weighted by atomic mass is 9.36. The minimum Gasteiger partial charge on any atom is -0.494 e. The van der Waals surface area contributed by atoms with Gasteiger partial charge in [-0.2, -0.15) is 0 Å². The molecule has 29 heavy (non-hydrogen) atoms. The molecule has 0 aliphatic rings. The van der Waals surface area contributed by atoms with Crippen LogP contribution < -0.4 is 21.1 Å². The van der Waals surface area contributed by atoms with Crippen LogP contribution in [-0.4, -0.2) is 13.8 Å². The molecule has 0 unspecified atom stereocenters. The molecule has 0 atom stereocenters. The van der Waals surface area contributed by atoms with Gasteiger partial charge in [-0.05, 0) is 47.4 Å². The summed E-state index contributed by atoms with van der Waals surface area (Å²) >= 11 is 0. The van der Waals surface area contributed by atoms with Crippen molar-refractivity contribution in [2.24, 2.45) is 0 Å². The fourth-order valence-corrected chi connectivity index (χ4v) is 3.23. The molecule has 0 N–H and O–H groups in total. The van der Waals surface area contributed by atoms with Gasteiger partial charge in [0, 0.05) is 18.2 Å². The van der Waals surface area contributed by atoms with E-state index in [-0.39, 0.29) is 33.3 Å². The van der Waals surface area contributed by atoms with Gasteiger partial charge >= 0.3 is 0 Å². The van der Waals surface area contributed by atoms with Crippen molar-refractivity contribution in [2.75, 3.05) is 7.11 Å². The lowest BCUT2D eigenvalue weighted by Crippen LogP contribution is -2.56. The molecule has 3 aromatic rings. The Morgan fingerprint density at radius 1 is 0.552 bits per heavy atom. The Hall–Kier alpha value is -2.90. The molecule has 0 aromatic heterocycles. The molecule has 0 amide bonds. The number of benzene rings is 3. The molecule has 0 bridgehead atoms. The number of hydrogen-bond acceptors (Lipinski definition) is 1. The number of rotatable bonds is 4. The molecule has 0 saturated heterocycles. The average Bonchev–Trinajstić information content (AvgIpc) is 2.65. The van der Waals surface area contributed by atoms with Crippen LogP contribution in [0, 0.1) is 48.8 Å². The highest BCUT2D eigenvalue weighted by Crippen LogP contribution is 2.18. The van der Waals surface area contributed by atoms with Gasteiger partial charge in [0.25, 0.3) is 6.71 Å². The summed E-state index contributed by atoms with van der Waals surface area (Å²) in [5.41, 5.74) is -0.721. The van der Waals surface area contributed by atoms with Crippen LogP contribution in [0.2, 0.25) is 0 Å². The Labute approximate surface area is 164 Å². The van der Waals surface area contributed by atoms with Gasteiger partial charge in [0.2, 0.25) is 0 Å². The maximum atomic E-state index is 14.7. The maximum absolute atomic E-state index is 14.7. The summed E-state index contributed by atoms with van der Waals surface area (Å²) in [7, 11) is 1.15. The molecule has 3 rings (SSSR count). The molecule has 150 valence electrons. The van der Waals surface area contributed by atoms with Crippen molar-refractivity contribution in [2.45, 2.75) is 13.8 Å². The summed E-state index contributed by atoms with van der Waals surface area (Å²) in [6.07, 6.45) is 0. The third-order valence-corrected chi connectivity index (χ3v) is 4.76. The Morgan fingerprint density at radius 3 is 1.34 bits per heavy atom. The molecule has 0 aliphatic carbocycles. The number of hydrogen-bond donors (Lipinski definition) is 0. The van der Waals surface area contributed by atoms with Crippen molar-refractivity contribution in [3.8, 4) is 5.75 Å². The summed E-state index contributed by atoms with van der Waals surface area (Å²) in [4.78, 5) is 0. The Bertz CT molecular complexity index is 1040. The average molecular weight is 408 g/mol. The second kappa shape index (κ2) is 7.85. The number of aryl methyl sites for hydroxylation is 2. The molecule has 8 heteroatoms. The summed E-state index contributed by atoms with van der Waals surface area (Å²) < 4.78 is 90.4. The minimum absolute atomic E-state index is 0.0418. The summed E-state index contributed by atoms with van der Waals surface area (Å²) in [6.45, 7) is 1.29. The first-order chi connectivity index (χ1) is 13.6. The highest BCUT2D eigenvalue weighted by molar-refractivity contribution is 6.95. The van der Waals surface area contributed by atoms with E-state index in [0.717, 1.165) is 25.3 Å². The largest absolute Gasteiger partial charge is 0.494 e. The smallest absolute Gasteiger partial charge is 0.252 e. The molecule has 0 radical (unpaired) electrons. The topological polar surface area (TPSA) is 9.23 Å². The van der Waals surface area contributed by atoms with Gasteiger partial charge in [0.05, 0.1) is 7.11 Å². The van der Waals surface area contributed by atoms with Gasteiger partial charge < -0.3 is 4.74 Å². The van der Waals surface area contributed by atoms with Crippen molar-refractivity contribution >= 4 is 23.1 Å². The van der Waals surface area contributed by atoms with E-state index >= 15 is 0 Å². The fourth-order valence-electron chi connectivity index (χ4n) is 3.23. The summed E-state index contributed by atoms with van der Waals surface area (Å²) in [5, 5.41) is 0. The standard InChI is InChI=1S/C21H15BF6O/c1-10-4-12(17(25)7-15(10)23)22(13-5-11(2)16(24)8-18(13)26)14-6-21(29-3)20(28)9-19(14)27/h4-9H,1-3H3. The van der Waals surface area contributed by atoms with Gasteiger partial charge in [-0.25, -0.2) is 26.3 Å². The van der Waals surface area contributed by atoms with Crippen molar-refractivity contribution in [3.63, 3.8) is 0 Å². The van der Waals surface area contributed by atoms with Gasteiger partial charge in [-0.15, -0.1) is 0 Å². The lowest BCUT2D eigenvalue weighted by Gasteiger charge is -2.20. The van der Waals surface area contributed by atoms with Gasteiger partial charge in [-0.3, -0.25) is 0 Å². The predicted octanol–water partition coefficient (Wildman–Crippen LogP) is 3.66. The molecule has 0 fully saturated rings. The maximum Gasteiger partial charge on any atom is 0.252 e. The Balaban J connectivity index is 2.38. The van der Waals surface area contributed by atoms with Crippen LogP contribution in [0.15, 0.2) is 36.4 Å². The van der Waals surface area contributed by atoms with E-state index in [2.05, 4.69) is 0 Å². The number of methoxy groups -OCH3 is 1. The second-order valence-electron chi connectivity index (χ2n) is 6.69. The monoisotopic (exact) mass is 408 g/mol. The van der Waals surface area contributed by atoms with Gasteiger partial charge in [0.15, 0.2) is 11.6 Å². The Kier molecular flexibility index (Phi) is 5.64. The first-order valence-electron chi connectivity index (χ1n) is 8.58. The quantitative estimate of drug-likeness (QED) is 0.473. The van der Waals surface area contributed by atoms with E-state index in [4.69, 9.17) is 4.74 Å². The summed E-state index contributed by atoms with van der Waals surface area (Å²) in [5.74, 6) is -6.21. The van der Waals surface area contributed by atoms with Crippen molar-refractivity contribution in [3.05, 3.63) is 82.4 Å². The van der Waals surface area contributed by atoms with Crippen LogP contribution in [-0.2, 0) is 0 Å². The Morgan fingerprint density at radius 2 is 0.931 bits per heavy atom.